The monoisotopic (exact) mass is 334 g/mol. The highest BCUT2D eigenvalue weighted by molar-refractivity contribution is 5.94. The SMILES string of the molecule is Cl.NCCCCNC(=O)c1ccc(COc2ccccc2)cc1. The Balaban J connectivity index is 0.00000264. The fourth-order valence-corrected chi connectivity index (χ4v) is 2.01. The second-order valence-corrected chi connectivity index (χ2v) is 5.05. The molecule has 0 bridgehead atoms. The zero-order chi connectivity index (χ0) is 15.6. The van der Waals surface area contributed by atoms with Gasteiger partial charge in [0.1, 0.15) is 12.4 Å². The highest BCUT2D eigenvalue weighted by Gasteiger charge is 2.04. The van der Waals surface area contributed by atoms with Crippen molar-refractivity contribution in [2.24, 2.45) is 5.73 Å². The molecule has 3 N–H and O–H groups in total. The van der Waals surface area contributed by atoms with E-state index in [2.05, 4.69) is 5.32 Å². The van der Waals surface area contributed by atoms with Crippen molar-refractivity contribution in [1.29, 1.82) is 0 Å². The van der Waals surface area contributed by atoms with Crippen LogP contribution in [0.15, 0.2) is 54.6 Å². The minimum absolute atomic E-state index is 0. The zero-order valence-corrected chi connectivity index (χ0v) is 13.9. The number of hydrogen-bond acceptors (Lipinski definition) is 3. The molecule has 124 valence electrons. The van der Waals surface area contributed by atoms with E-state index in [1.165, 1.54) is 0 Å². The molecule has 0 atom stereocenters. The Morgan fingerprint density at radius 3 is 2.35 bits per heavy atom. The second-order valence-electron chi connectivity index (χ2n) is 5.05. The summed E-state index contributed by atoms with van der Waals surface area (Å²) in [5.74, 6) is 0.789. The van der Waals surface area contributed by atoms with Crippen molar-refractivity contribution >= 4 is 18.3 Å². The largest absolute Gasteiger partial charge is 0.489 e. The van der Waals surface area contributed by atoms with Crippen LogP contribution in [0, 0.1) is 0 Å². The molecule has 0 aromatic heterocycles. The van der Waals surface area contributed by atoms with E-state index in [9.17, 15) is 4.79 Å². The van der Waals surface area contributed by atoms with Gasteiger partial charge in [-0.25, -0.2) is 0 Å². The van der Waals surface area contributed by atoms with Crippen molar-refractivity contribution in [1.82, 2.24) is 5.32 Å². The number of carbonyl (C=O) groups excluding carboxylic acids is 1. The molecule has 0 spiro atoms. The number of carbonyl (C=O) groups is 1. The molecule has 2 aromatic carbocycles. The van der Waals surface area contributed by atoms with Gasteiger partial charge in [-0.1, -0.05) is 30.3 Å². The lowest BCUT2D eigenvalue weighted by Gasteiger charge is -2.08. The number of unbranched alkanes of at least 4 members (excludes halogenated alkanes) is 1. The minimum atomic E-state index is -0.0486. The van der Waals surface area contributed by atoms with Gasteiger partial charge in [-0.05, 0) is 49.2 Å². The molecular formula is C18H23ClN2O2. The predicted octanol–water partition coefficient (Wildman–Crippen LogP) is 3.16. The smallest absolute Gasteiger partial charge is 0.251 e. The summed E-state index contributed by atoms with van der Waals surface area (Å²) >= 11 is 0. The number of nitrogens with two attached hydrogens (primary N) is 1. The van der Waals surface area contributed by atoms with E-state index in [0.717, 1.165) is 24.2 Å². The number of halogens is 1. The summed E-state index contributed by atoms with van der Waals surface area (Å²) in [4.78, 5) is 11.9. The summed E-state index contributed by atoms with van der Waals surface area (Å²) in [5, 5.41) is 2.89. The van der Waals surface area contributed by atoms with E-state index in [1.54, 1.807) is 0 Å². The van der Waals surface area contributed by atoms with Crippen LogP contribution in [0.3, 0.4) is 0 Å². The van der Waals surface area contributed by atoms with Crippen LogP contribution in [0.1, 0.15) is 28.8 Å². The predicted molar refractivity (Wildman–Crippen MR) is 95.1 cm³/mol. The van der Waals surface area contributed by atoms with E-state index >= 15 is 0 Å². The number of rotatable bonds is 8. The topological polar surface area (TPSA) is 64.3 Å². The lowest BCUT2D eigenvalue weighted by atomic mass is 10.1. The number of para-hydroxylation sites is 1. The van der Waals surface area contributed by atoms with Crippen molar-refractivity contribution in [2.75, 3.05) is 13.1 Å². The van der Waals surface area contributed by atoms with E-state index in [-0.39, 0.29) is 18.3 Å². The summed E-state index contributed by atoms with van der Waals surface area (Å²) < 4.78 is 5.67. The molecule has 23 heavy (non-hydrogen) atoms. The number of ether oxygens (including phenoxy) is 1. The molecule has 0 heterocycles. The Hall–Kier alpha value is -2.04. The van der Waals surface area contributed by atoms with Crippen LogP contribution in [0.5, 0.6) is 5.75 Å². The number of hydrogen-bond donors (Lipinski definition) is 2. The summed E-state index contributed by atoms with van der Waals surface area (Å²) in [6.07, 6.45) is 1.83. The third-order valence-corrected chi connectivity index (χ3v) is 3.28. The van der Waals surface area contributed by atoms with Crippen molar-refractivity contribution < 1.29 is 9.53 Å². The van der Waals surface area contributed by atoms with Crippen LogP contribution >= 0.6 is 12.4 Å². The molecule has 0 aliphatic rings. The Morgan fingerprint density at radius 1 is 1.00 bits per heavy atom. The van der Waals surface area contributed by atoms with E-state index < -0.39 is 0 Å². The van der Waals surface area contributed by atoms with Crippen molar-refractivity contribution in [3.63, 3.8) is 0 Å². The normalized spacial score (nSPS) is 9.78. The molecule has 0 aliphatic carbocycles. The number of benzene rings is 2. The van der Waals surface area contributed by atoms with Gasteiger partial charge in [0.2, 0.25) is 0 Å². The molecular weight excluding hydrogens is 312 g/mol. The van der Waals surface area contributed by atoms with Crippen LogP contribution in [0.25, 0.3) is 0 Å². The van der Waals surface area contributed by atoms with Gasteiger partial charge in [-0.3, -0.25) is 4.79 Å². The highest BCUT2D eigenvalue weighted by Crippen LogP contribution is 2.12. The molecule has 1 amide bonds. The Morgan fingerprint density at radius 2 is 1.70 bits per heavy atom. The van der Waals surface area contributed by atoms with Gasteiger partial charge in [-0.2, -0.15) is 0 Å². The first-order valence-electron chi connectivity index (χ1n) is 7.54. The molecule has 2 aromatic rings. The highest BCUT2D eigenvalue weighted by atomic mass is 35.5. The summed E-state index contributed by atoms with van der Waals surface area (Å²) in [6, 6.07) is 17.1. The average Bonchev–Trinajstić information content (AvgIpc) is 2.58. The molecule has 2 rings (SSSR count). The standard InChI is InChI=1S/C18H22N2O2.ClH/c19-12-4-5-13-20-18(21)16-10-8-15(9-11-16)14-22-17-6-2-1-3-7-17;/h1-3,6-11H,4-5,12-14,19H2,(H,20,21);1H. The van der Waals surface area contributed by atoms with Crippen LogP contribution < -0.4 is 15.8 Å². The molecule has 0 radical (unpaired) electrons. The first-order chi connectivity index (χ1) is 10.8. The average molecular weight is 335 g/mol. The van der Waals surface area contributed by atoms with Gasteiger partial charge in [0.05, 0.1) is 0 Å². The molecule has 5 heteroatoms. The van der Waals surface area contributed by atoms with Crippen LogP contribution in [-0.4, -0.2) is 19.0 Å². The lowest BCUT2D eigenvalue weighted by Crippen LogP contribution is -2.24. The van der Waals surface area contributed by atoms with Crippen molar-refractivity contribution in [2.45, 2.75) is 19.4 Å². The van der Waals surface area contributed by atoms with Crippen LogP contribution in [-0.2, 0) is 6.61 Å². The third kappa shape index (κ3) is 6.72. The minimum Gasteiger partial charge on any atom is -0.489 e. The molecule has 0 saturated heterocycles. The summed E-state index contributed by atoms with van der Waals surface area (Å²) in [7, 11) is 0. The number of nitrogens with one attached hydrogen (secondary N) is 1. The van der Waals surface area contributed by atoms with Gasteiger partial charge in [-0.15, -0.1) is 12.4 Å². The van der Waals surface area contributed by atoms with Crippen molar-refractivity contribution in [3.8, 4) is 5.75 Å². The lowest BCUT2D eigenvalue weighted by molar-refractivity contribution is 0.0953. The quantitative estimate of drug-likeness (QED) is 0.729. The van der Waals surface area contributed by atoms with Crippen LogP contribution in [0.2, 0.25) is 0 Å². The van der Waals surface area contributed by atoms with Gasteiger partial charge < -0.3 is 15.8 Å². The van der Waals surface area contributed by atoms with Gasteiger partial charge in [0, 0.05) is 12.1 Å². The molecule has 0 fully saturated rings. The molecule has 0 saturated carbocycles. The summed E-state index contributed by atoms with van der Waals surface area (Å²) in [6.45, 7) is 1.81. The van der Waals surface area contributed by atoms with E-state index in [1.807, 2.05) is 54.6 Å². The van der Waals surface area contributed by atoms with Gasteiger partial charge >= 0.3 is 0 Å². The molecule has 4 nitrogen and oxygen atoms in total. The number of amides is 1. The summed E-state index contributed by atoms with van der Waals surface area (Å²) in [5.41, 5.74) is 7.11. The van der Waals surface area contributed by atoms with E-state index in [4.69, 9.17) is 10.5 Å². The maximum Gasteiger partial charge on any atom is 0.251 e. The van der Waals surface area contributed by atoms with Gasteiger partial charge in [0.15, 0.2) is 0 Å². The first-order valence-corrected chi connectivity index (χ1v) is 7.54. The maximum atomic E-state index is 11.9. The van der Waals surface area contributed by atoms with Crippen LogP contribution in [0.4, 0.5) is 0 Å². The molecule has 0 unspecified atom stereocenters. The third-order valence-electron chi connectivity index (χ3n) is 3.28. The fraction of sp³-hybridized carbons (Fsp3) is 0.278. The molecule has 0 aliphatic heterocycles. The Kier molecular flexibility index (Phi) is 8.80. The second kappa shape index (κ2) is 10.6. The first kappa shape index (κ1) is 19.0. The van der Waals surface area contributed by atoms with Crippen molar-refractivity contribution in [3.05, 3.63) is 65.7 Å². The zero-order valence-electron chi connectivity index (χ0n) is 13.0. The van der Waals surface area contributed by atoms with E-state index in [0.29, 0.717) is 25.3 Å². The maximum absolute atomic E-state index is 11.9. The fourth-order valence-electron chi connectivity index (χ4n) is 2.01. The van der Waals surface area contributed by atoms with Gasteiger partial charge in [0.25, 0.3) is 5.91 Å². The Labute approximate surface area is 143 Å². The Bertz CT molecular complexity index is 573.